The number of piperidine rings is 1. The molecule has 5 heteroatoms. The molecule has 4 rings (SSSR count). The molecule has 0 radical (unpaired) electrons. The molecule has 25 heavy (non-hydrogen) atoms. The van der Waals surface area contributed by atoms with Crippen molar-refractivity contribution in [3.8, 4) is 5.75 Å². The van der Waals surface area contributed by atoms with E-state index in [9.17, 15) is 4.79 Å². The maximum atomic E-state index is 12.5. The van der Waals surface area contributed by atoms with E-state index in [-0.39, 0.29) is 17.6 Å². The maximum absolute atomic E-state index is 12.5. The highest BCUT2D eigenvalue weighted by molar-refractivity contribution is 5.92. The first-order valence-corrected chi connectivity index (χ1v) is 8.80. The van der Waals surface area contributed by atoms with Crippen LogP contribution in [0.5, 0.6) is 5.75 Å². The fourth-order valence-electron chi connectivity index (χ4n) is 3.69. The predicted molar refractivity (Wildman–Crippen MR) is 93.5 cm³/mol. The minimum absolute atomic E-state index is 0.00512. The van der Waals surface area contributed by atoms with E-state index in [1.165, 1.54) is 0 Å². The number of pyridine rings is 1. The van der Waals surface area contributed by atoms with Crippen molar-refractivity contribution in [3.05, 3.63) is 60.4 Å². The molecular weight excluding hydrogens is 316 g/mol. The summed E-state index contributed by atoms with van der Waals surface area (Å²) in [7, 11) is 0. The Morgan fingerprint density at radius 1 is 1.12 bits per heavy atom. The first-order valence-electron chi connectivity index (χ1n) is 8.80. The van der Waals surface area contributed by atoms with Gasteiger partial charge in [0.05, 0.1) is 12.2 Å². The normalized spacial score (nSPS) is 22.1. The highest BCUT2D eigenvalue weighted by Gasteiger charge is 2.44. The molecule has 0 aliphatic carbocycles. The second kappa shape index (κ2) is 6.84. The molecule has 2 aromatic rings. The molecule has 0 bridgehead atoms. The summed E-state index contributed by atoms with van der Waals surface area (Å²) in [5.41, 5.74) is 0.358. The van der Waals surface area contributed by atoms with Gasteiger partial charge in [-0.05, 0) is 37.1 Å². The predicted octanol–water partition coefficient (Wildman–Crippen LogP) is 2.92. The van der Waals surface area contributed by atoms with Crippen LogP contribution in [-0.2, 0) is 4.74 Å². The van der Waals surface area contributed by atoms with Crippen molar-refractivity contribution >= 4 is 5.91 Å². The van der Waals surface area contributed by atoms with Crippen LogP contribution in [-0.4, -0.2) is 47.2 Å². The van der Waals surface area contributed by atoms with Crippen molar-refractivity contribution < 1.29 is 14.3 Å². The van der Waals surface area contributed by atoms with Crippen LogP contribution in [0.25, 0.3) is 0 Å². The zero-order chi connectivity index (χ0) is 17.1. The first kappa shape index (κ1) is 16.1. The summed E-state index contributed by atoms with van der Waals surface area (Å²) in [4.78, 5) is 18.5. The zero-order valence-corrected chi connectivity index (χ0v) is 14.1. The monoisotopic (exact) mass is 338 g/mol. The average molecular weight is 338 g/mol. The van der Waals surface area contributed by atoms with Crippen molar-refractivity contribution in [2.45, 2.75) is 31.0 Å². The molecule has 1 aromatic heterocycles. The van der Waals surface area contributed by atoms with Crippen LogP contribution in [0.2, 0.25) is 0 Å². The number of likely N-dealkylation sites (tertiary alicyclic amines) is 1. The third-order valence-electron chi connectivity index (χ3n) is 5.07. The fourth-order valence-corrected chi connectivity index (χ4v) is 3.69. The molecule has 2 fully saturated rings. The lowest BCUT2D eigenvalue weighted by molar-refractivity contribution is -0.0396. The van der Waals surface area contributed by atoms with Crippen molar-refractivity contribution in [2.75, 3.05) is 19.7 Å². The summed E-state index contributed by atoms with van der Waals surface area (Å²) in [5.74, 6) is 0.890. The lowest BCUT2D eigenvalue weighted by Crippen LogP contribution is -2.46. The van der Waals surface area contributed by atoms with Gasteiger partial charge in [-0.1, -0.05) is 24.3 Å². The Hall–Kier alpha value is -2.40. The number of rotatable bonds is 3. The number of nitrogens with zero attached hydrogens (tertiary/aromatic N) is 2. The van der Waals surface area contributed by atoms with Crippen LogP contribution in [0.1, 0.15) is 29.8 Å². The van der Waals surface area contributed by atoms with Crippen LogP contribution in [0, 0.1) is 0 Å². The van der Waals surface area contributed by atoms with E-state index in [2.05, 4.69) is 4.98 Å². The van der Waals surface area contributed by atoms with E-state index in [1.54, 1.807) is 12.3 Å². The number of para-hydroxylation sites is 1. The number of amides is 1. The Kier molecular flexibility index (Phi) is 4.40. The van der Waals surface area contributed by atoms with E-state index in [0.29, 0.717) is 25.4 Å². The van der Waals surface area contributed by atoms with E-state index < -0.39 is 0 Å². The van der Waals surface area contributed by atoms with E-state index in [4.69, 9.17) is 9.47 Å². The molecule has 2 aliphatic heterocycles. The van der Waals surface area contributed by atoms with Crippen LogP contribution in [0.3, 0.4) is 0 Å². The molecule has 2 aliphatic rings. The molecule has 0 saturated carbocycles. The van der Waals surface area contributed by atoms with E-state index >= 15 is 0 Å². The third-order valence-corrected chi connectivity index (χ3v) is 5.07. The van der Waals surface area contributed by atoms with Gasteiger partial charge in [0.2, 0.25) is 0 Å². The van der Waals surface area contributed by atoms with Gasteiger partial charge in [-0.25, -0.2) is 0 Å². The molecule has 1 aromatic carbocycles. The molecule has 0 unspecified atom stereocenters. The lowest BCUT2D eigenvalue weighted by atomic mass is 9.88. The highest BCUT2D eigenvalue weighted by atomic mass is 16.6. The number of carbonyl (C=O) groups is 1. The molecule has 130 valence electrons. The van der Waals surface area contributed by atoms with Crippen molar-refractivity contribution in [2.24, 2.45) is 0 Å². The smallest absolute Gasteiger partial charge is 0.272 e. The zero-order valence-electron chi connectivity index (χ0n) is 14.1. The number of ether oxygens (including phenoxy) is 2. The average Bonchev–Trinajstić information content (AvgIpc) is 3.05. The van der Waals surface area contributed by atoms with Crippen LogP contribution in [0.15, 0.2) is 54.7 Å². The second-order valence-electron chi connectivity index (χ2n) is 6.76. The Morgan fingerprint density at radius 2 is 1.88 bits per heavy atom. The number of carbonyl (C=O) groups excluding carboxylic acids is 1. The van der Waals surface area contributed by atoms with Crippen molar-refractivity contribution in [1.82, 2.24) is 9.88 Å². The maximum Gasteiger partial charge on any atom is 0.272 e. The quantitative estimate of drug-likeness (QED) is 0.863. The van der Waals surface area contributed by atoms with Crippen LogP contribution < -0.4 is 4.74 Å². The van der Waals surface area contributed by atoms with Gasteiger partial charge >= 0.3 is 0 Å². The second-order valence-corrected chi connectivity index (χ2v) is 6.76. The Labute approximate surface area is 147 Å². The highest BCUT2D eigenvalue weighted by Crippen LogP contribution is 2.37. The minimum atomic E-state index is -0.152. The number of benzene rings is 1. The van der Waals surface area contributed by atoms with Gasteiger partial charge in [-0.2, -0.15) is 0 Å². The summed E-state index contributed by atoms with van der Waals surface area (Å²) in [6.07, 6.45) is 4.32. The Bertz CT molecular complexity index is 712. The largest absolute Gasteiger partial charge is 0.488 e. The SMILES string of the molecule is O=C(c1ccccn1)N1CCC2(CC1)C[C@@H](Oc1ccccc1)CO2. The topological polar surface area (TPSA) is 51.7 Å². The van der Waals surface area contributed by atoms with Crippen LogP contribution >= 0.6 is 0 Å². The molecule has 5 nitrogen and oxygen atoms in total. The molecule has 0 N–H and O–H groups in total. The van der Waals surface area contributed by atoms with E-state index in [1.807, 2.05) is 47.4 Å². The van der Waals surface area contributed by atoms with Gasteiger partial charge in [0.25, 0.3) is 5.91 Å². The van der Waals surface area contributed by atoms with Crippen LogP contribution in [0.4, 0.5) is 0 Å². The molecule has 1 atom stereocenters. The number of hydrogen-bond donors (Lipinski definition) is 0. The van der Waals surface area contributed by atoms with Gasteiger partial charge in [-0.15, -0.1) is 0 Å². The summed E-state index contributed by atoms with van der Waals surface area (Å²) in [6, 6.07) is 15.3. The summed E-state index contributed by atoms with van der Waals surface area (Å²) in [5, 5.41) is 0. The van der Waals surface area contributed by atoms with E-state index in [0.717, 1.165) is 25.0 Å². The molecule has 2 saturated heterocycles. The van der Waals surface area contributed by atoms with Gasteiger partial charge < -0.3 is 14.4 Å². The number of hydrogen-bond acceptors (Lipinski definition) is 4. The Balaban J connectivity index is 1.33. The lowest BCUT2D eigenvalue weighted by Gasteiger charge is -2.38. The van der Waals surface area contributed by atoms with Gasteiger partial charge in [0.15, 0.2) is 0 Å². The Morgan fingerprint density at radius 3 is 2.60 bits per heavy atom. The van der Waals surface area contributed by atoms with Crippen molar-refractivity contribution in [3.63, 3.8) is 0 Å². The van der Waals surface area contributed by atoms with Gasteiger partial charge in [-0.3, -0.25) is 9.78 Å². The summed E-state index contributed by atoms with van der Waals surface area (Å²) in [6.45, 7) is 2.02. The summed E-state index contributed by atoms with van der Waals surface area (Å²) < 4.78 is 12.2. The van der Waals surface area contributed by atoms with Gasteiger partial charge in [0, 0.05) is 25.7 Å². The first-order chi connectivity index (χ1) is 12.2. The third kappa shape index (κ3) is 3.51. The molecular formula is C20H22N2O3. The minimum Gasteiger partial charge on any atom is -0.488 e. The molecule has 1 spiro atoms. The number of aromatic nitrogens is 1. The van der Waals surface area contributed by atoms with Gasteiger partial charge in [0.1, 0.15) is 17.5 Å². The fraction of sp³-hybridized carbons (Fsp3) is 0.400. The standard InChI is InChI=1S/C20H22N2O3/c23-19(18-8-4-5-11-21-18)22-12-9-20(10-13-22)14-17(15-24-20)25-16-6-2-1-3-7-16/h1-8,11,17H,9-10,12-15H2/t17-/m1/s1. The summed E-state index contributed by atoms with van der Waals surface area (Å²) >= 11 is 0. The van der Waals surface area contributed by atoms with Crippen molar-refractivity contribution in [1.29, 1.82) is 0 Å². The molecule has 3 heterocycles. The molecule has 1 amide bonds.